The van der Waals surface area contributed by atoms with Crippen LogP contribution in [-0.4, -0.2) is 45.3 Å². The number of hydrogen-bond donors (Lipinski definition) is 1. The van der Waals surface area contributed by atoms with E-state index < -0.39 is 5.97 Å². The summed E-state index contributed by atoms with van der Waals surface area (Å²) in [5.41, 5.74) is 3.27. The Balaban J connectivity index is 2.03. The topological polar surface area (TPSA) is 75.4 Å². The quantitative estimate of drug-likeness (QED) is 0.868. The van der Waals surface area contributed by atoms with Crippen LogP contribution in [0.5, 0.6) is 0 Å². The van der Waals surface area contributed by atoms with Gasteiger partial charge in [-0.1, -0.05) is 15.9 Å². The van der Waals surface area contributed by atoms with Crippen molar-refractivity contribution in [3.8, 4) is 5.69 Å². The highest BCUT2D eigenvalue weighted by atomic mass is 79.9. The molecule has 0 saturated carbocycles. The molecule has 1 amide bonds. The number of carboxylic acid groups (broad SMARTS) is 1. The maximum Gasteiger partial charge on any atom is 0.323 e. The first-order valence-corrected chi connectivity index (χ1v) is 8.60. The molecule has 1 aromatic heterocycles. The third-order valence-corrected chi connectivity index (χ3v) is 4.70. The lowest BCUT2D eigenvalue weighted by atomic mass is 9.95. The highest BCUT2D eigenvalue weighted by Crippen LogP contribution is 2.28. The molecule has 3 rings (SSSR count). The van der Waals surface area contributed by atoms with Crippen LogP contribution in [-0.2, 0) is 17.6 Å². The lowest BCUT2D eigenvalue weighted by Gasteiger charge is -2.16. The summed E-state index contributed by atoms with van der Waals surface area (Å²) in [7, 11) is 1.49. The number of nitrogens with zero attached hydrogens (tertiary/aromatic N) is 3. The SMILES string of the molecule is CN(CC(=O)O)C(=O)c1nn(-c2ccc(Br)cc2)c2c1CCCC2. The molecule has 6 nitrogen and oxygen atoms in total. The first kappa shape index (κ1) is 16.7. The van der Waals surface area contributed by atoms with Crippen molar-refractivity contribution in [2.45, 2.75) is 25.7 Å². The summed E-state index contributed by atoms with van der Waals surface area (Å²) < 4.78 is 2.80. The van der Waals surface area contributed by atoms with E-state index in [0.29, 0.717) is 5.69 Å². The van der Waals surface area contributed by atoms with E-state index in [1.807, 2.05) is 28.9 Å². The van der Waals surface area contributed by atoms with Gasteiger partial charge in [-0.25, -0.2) is 4.68 Å². The molecule has 0 aliphatic heterocycles. The van der Waals surface area contributed by atoms with Crippen molar-refractivity contribution in [1.82, 2.24) is 14.7 Å². The Morgan fingerprint density at radius 3 is 2.58 bits per heavy atom. The van der Waals surface area contributed by atoms with Crippen LogP contribution in [0.4, 0.5) is 0 Å². The van der Waals surface area contributed by atoms with E-state index in [1.54, 1.807) is 0 Å². The number of fused-ring (bicyclic) bond motifs is 1. The summed E-state index contributed by atoms with van der Waals surface area (Å²) in [5.74, 6) is -1.38. The number of carbonyl (C=O) groups is 2. The average Bonchev–Trinajstić information content (AvgIpc) is 2.94. The Morgan fingerprint density at radius 1 is 1.25 bits per heavy atom. The van der Waals surface area contributed by atoms with Crippen molar-refractivity contribution < 1.29 is 14.7 Å². The lowest BCUT2D eigenvalue weighted by Crippen LogP contribution is -2.33. The van der Waals surface area contributed by atoms with Crippen molar-refractivity contribution in [3.63, 3.8) is 0 Å². The van der Waals surface area contributed by atoms with E-state index in [4.69, 9.17) is 5.11 Å². The van der Waals surface area contributed by atoms with E-state index in [2.05, 4.69) is 21.0 Å². The van der Waals surface area contributed by atoms with Gasteiger partial charge in [0.05, 0.1) is 5.69 Å². The number of carbonyl (C=O) groups excluding carboxylic acids is 1. The van der Waals surface area contributed by atoms with Crippen molar-refractivity contribution in [2.24, 2.45) is 0 Å². The maximum atomic E-state index is 12.6. The Hall–Kier alpha value is -2.15. The molecular weight excluding hydrogens is 374 g/mol. The molecule has 0 saturated heterocycles. The molecule has 0 unspecified atom stereocenters. The number of aliphatic carboxylic acids is 1. The van der Waals surface area contributed by atoms with E-state index in [0.717, 1.165) is 47.1 Å². The lowest BCUT2D eigenvalue weighted by molar-refractivity contribution is -0.137. The van der Waals surface area contributed by atoms with Crippen LogP contribution in [0.25, 0.3) is 5.69 Å². The van der Waals surface area contributed by atoms with E-state index in [1.165, 1.54) is 11.9 Å². The number of amides is 1. The summed E-state index contributed by atoms with van der Waals surface area (Å²) >= 11 is 3.42. The summed E-state index contributed by atoms with van der Waals surface area (Å²) in [5, 5.41) is 13.4. The molecule has 1 aliphatic carbocycles. The molecule has 1 N–H and O–H groups in total. The van der Waals surface area contributed by atoms with Gasteiger partial charge in [0.25, 0.3) is 5.91 Å². The Kier molecular flexibility index (Phi) is 4.71. The van der Waals surface area contributed by atoms with Crippen LogP contribution in [0.3, 0.4) is 0 Å². The van der Waals surface area contributed by atoms with Crippen molar-refractivity contribution in [3.05, 3.63) is 45.7 Å². The van der Waals surface area contributed by atoms with Gasteiger partial charge in [-0.05, 0) is 49.9 Å². The third kappa shape index (κ3) is 3.21. The Labute approximate surface area is 148 Å². The van der Waals surface area contributed by atoms with Gasteiger partial charge >= 0.3 is 5.97 Å². The molecule has 7 heteroatoms. The fourth-order valence-electron chi connectivity index (χ4n) is 3.02. The fraction of sp³-hybridized carbons (Fsp3) is 0.353. The zero-order valence-corrected chi connectivity index (χ0v) is 14.9. The predicted molar refractivity (Wildman–Crippen MR) is 92.5 cm³/mol. The predicted octanol–water partition coefficient (Wildman–Crippen LogP) is 2.67. The number of aromatic nitrogens is 2. The molecular formula is C17H18BrN3O3. The molecule has 0 spiro atoms. The molecule has 126 valence electrons. The summed E-state index contributed by atoms with van der Waals surface area (Å²) in [6.45, 7) is -0.335. The smallest absolute Gasteiger partial charge is 0.323 e. The van der Waals surface area contributed by atoms with Gasteiger partial charge < -0.3 is 10.0 Å². The minimum Gasteiger partial charge on any atom is -0.480 e. The van der Waals surface area contributed by atoms with Crippen molar-refractivity contribution in [2.75, 3.05) is 13.6 Å². The van der Waals surface area contributed by atoms with Crippen LogP contribution in [0.15, 0.2) is 28.7 Å². The van der Waals surface area contributed by atoms with Gasteiger partial charge in [0, 0.05) is 22.8 Å². The summed E-state index contributed by atoms with van der Waals surface area (Å²) in [6, 6.07) is 7.76. The van der Waals surface area contributed by atoms with Gasteiger partial charge in [0.15, 0.2) is 5.69 Å². The standard InChI is InChI=1S/C17H18BrN3O3/c1-20(10-15(22)23)17(24)16-13-4-2-3-5-14(13)21(19-16)12-8-6-11(18)7-9-12/h6-9H,2-5,10H2,1H3,(H,22,23). The van der Waals surface area contributed by atoms with Crippen LogP contribution in [0.2, 0.25) is 0 Å². The molecule has 2 aromatic rings. The average molecular weight is 392 g/mol. The first-order chi connectivity index (χ1) is 11.5. The van der Waals surface area contributed by atoms with Crippen LogP contribution in [0, 0.1) is 0 Å². The monoisotopic (exact) mass is 391 g/mol. The zero-order chi connectivity index (χ0) is 17.3. The highest BCUT2D eigenvalue weighted by Gasteiger charge is 2.27. The minimum atomic E-state index is -1.04. The highest BCUT2D eigenvalue weighted by molar-refractivity contribution is 9.10. The zero-order valence-electron chi connectivity index (χ0n) is 13.3. The van der Waals surface area contributed by atoms with Gasteiger partial charge in [-0.2, -0.15) is 5.10 Å². The summed E-state index contributed by atoms with van der Waals surface area (Å²) in [4.78, 5) is 24.7. The summed E-state index contributed by atoms with van der Waals surface area (Å²) in [6.07, 6.45) is 3.75. The maximum absolute atomic E-state index is 12.6. The molecule has 0 fully saturated rings. The number of halogens is 1. The van der Waals surface area contributed by atoms with Gasteiger partial charge in [0.2, 0.25) is 0 Å². The minimum absolute atomic E-state index is 0.335. The number of carboxylic acids is 1. The van der Waals surface area contributed by atoms with Gasteiger partial charge in [0.1, 0.15) is 6.54 Å². The number of likely N-dealkylation sites (N-methyl/N-ethyl adjacent to an activating group) is 1. The van der Waals surface area contributed by atoms with Crippen LogP contribution >= 0.6 is 15.9 Å². The number of benzene rings is 1. The molecule has 24 heavy (non-hydrogen) atoms. The van der Waals surface area contributed by atoms with E-state index in [9.17, 15) is 9.59 Å². The van der Waals surface area contributed by atoms with Crippen molar-refractivity contribution in [1.29, 1.82) is 0 Å². The third-order valence-electron chi connectivity index (χ3n) is 4.17. The second-order valence-electron chi connectivity index (χ2n) is 5.92. The van der Waals surface area contributed by atoms with Gasteiger partial charge in [-0.3, -0.25) is 9.59 Å². The largest absolute Gasteiger partial charge is 0.480 e. The Morgan fingerprint density at radius 2 is 1.92 bits per heavy atom. The molecule has 0 radical (unpaired) electrons. The van der Waals surface area contributed by atoms with Gasteiger partial charge in [-0.15, -0.1) is 0 Å². The second kappa shape index (κ2) is 6.76. The van der Waals surface area contributed by atoms with E-state index >= 15 is 0 Å². The number of rotatable bonds is 4. The normalized spacial score (nSPS) is 13.4. The molecule has 0 bridgehead atoms. The van der Waals surface area contributed by atoms with Crippen LogP contribution < -0.4 is 0 Å². The number of hydrogen-bond acceptors (Lipinski definition) is 3. The molecule has 0 atom stereocenters. The Bertz CT molecular complexity index is 783. The van der Waals surface area contributed by atoms with Crippen molar-refractivity contribution >= 4 is 27.8 Å². The molecule has 1 aromatic carbocycles. The van der Waals surface area contributed by atoms with Crippen LogP contribution in [0.1, 0.15) is 34.6 Å². The molecule has 1 heterocycles. The second-order valence-corrected chi connectivity index (χ2v) is 6.84. The first-order valence-electron chi connectivity index (χ1n) is 7.81. The fourth-order valence-corrected chi connectivity index (χ4v) is 3.29. The molecule has 1 aliphatic rings. The van der Waals surface area contributed by atoms with E-state index in [-0.39, 0.29) is 12.5 Å².